The zero-order valence-corrected chi connectivity index (χ0v) is 7.08. The fourth-order valence-corrected chi connectivity index (χ4v) is 1.41. The standard InChI is InChI=1S/C3H6Cl2O2Si/c1-3(6)7-8(2,4)5/h1-2H3. The van der Waals surface area contributed by atoms with E-state index in [9.17, 15) is 4.79 Å². The topological polar surface area (TPSA) is 26.3 Å². The summed E-state index contributed by atoms with van der Waals surface area (Å²) in [6, 6.07) is 0. The fourth-order valence-electron chi connectivity index (χ4n) is 0.252. The maximum absolute atomic E-state index is 10.1. The van der Waals surface area contributed by atoms with E-state index in [1.54, 1.807) is 0 Å². The minimum absolute atomic E-state index is 0.427. The summed E-state index contributed by atoms with van der Waals surface area (Å²) in [5.74, 6) is -0.427. The third kappa shape index (κ3) is 6.27. The summed E-state index contributed by atoms with van der Waals surface area (Å²) < 4.78 is 4.47. The van der Waals surface area contributed by atoms with Crippen LogP contribution in [0.1, 0.15) is 6.92 Å². The molecule has 0 saturated carbocycles. The van der Waals surface area contributed by atoms with Gasteiger partial charge >= 0.3 is 6.94 Å². The minimum Gasteiger partial charge on any atom is -0.492 e. The number of hydrogen-bond acceptors (Lipinski definition) is 2. The van der Waals surface area contributed by atoms with E-state index >= 15 is 0 Å². The van der Waals surface area contributed by atoms with Crippen LogP contribution in [0.2, 0.25) is 6.55 Å². The van der Waals surface area contributed by atoms with Gasteiger partial charge in [-0.25, -0.2) is 0 Å². The molecule has 0 aromatic heterocycles. The van der Waals surface area contributed by atoms with Gasteiger partial charge in [0.2, 0.25) is 0 Å². The van der Waals surface area contributed by atoms with Crippen LogP contribution in [0.3, 0.4) is 0 Å². The Hall–Kier alpha value is 0.267. The highest BCUT2D eigenvalue weighted by molar-refractivity contribution is 7.42. The lowest BCUT2D eigenvalue weighted by molar-refractivity contribution is -0.132. The van der Waals surface area contributed by atoms with Gasteiger partial charge in [-0.15, -0.1) is 22.2 Å². The molecule has 0 bridgehead atoms. The van der Waals surface area contributed by atoms with Gasteiger partial charge in [0.15, 0.2) is 0 Å². The molecule has 0 N–H and O–H groups in total. The molecular formula is C3H6Cl2O2Si. The molecule has 0 aromatic carbocycles. The van der Waals surface area contributed by atoms with Crippen LogP contribution in [0.15, 0.2) is 0 Å². The second kappa shape index (κ2) is 2.71. The van der Waals surface area contributed by atoms with Crippen molar-refractivity contribution in [3.05, 3.63) is 0 Å². The average Bonchev–Trinajstić information content (AvgIpc) is 1.21. The van der Waals surface area contributed by atoms with E-state index < -0.39 is 12.9 Å². The Balaban J connectivity index is 3.55. The van der Waals surface area contributed by atoms with E-state index in [-0.39, 0.29) is 0 Å². The zero-order chi connectivity index (χ0) is 6.78. The zero-order valence-electron chi connectivity index (χ0n) is 4.57. The number of rotatable bonds is 1. The van der Waals surface area contributed by atoms with Crippen LogP contribution in [0, 0.1) is 0 Å². The maximum Gasteiger partial charge on any atom is 0.448 e. The highest BCUT2D eigenvalue weighted by Gasteiger charge is 2.25. The van der Waals surface area contributed by atoms with Gasteiger partial charge in [0.25, 0.3) is 5.97 Å². The average molecular weight is 173 g/mol. The van der Waals surface area contributed by atoms with Crippen LogP contribution >= 0.6 is 22.2 Å². The lowest BCUT2D eigenvalue weighted by Gasteiger charge is -2.08. The first-order valence-electron chi connectivity index (χ1n) is 1.99. The molecule has 0 atom stereocenters. The Morgan fingerprint density at radius 3 is 2.00 bits per heavy atom. The molecule has 48 valence electrons. The third-order valence-electron chi connectivity index (χ3n) is 0.323. The first kappa shape index (κ1) is 8.27. The molecule has 0 unspecified atom stereocenters. The third-order valence-corrected chi connectivity index (χ3v) is 1.43. The summed E-state index contributed by atoms with van der Waals surface area (Å²) in [7, 11) is 0. The second-order valence-corrected chi connectivity index (χ2v) is 8.13. The molecule has 0 fully saturated rings. The number of carbonyl (C=O) groups is 1. The molecule has 0 rings (SSSR count). The summed E-state index contributed by atoms with van der Waals surface area (Å²) in [5, 5.41) is 0. The van der Waals surface area contributed by atoms with Crippen molar-refractivity contribution < 1.29 is 9.22 Å². The Kier molecular flexibility index (Phi) is 2.80. The normalized spacial score (nSPS) is 11.0. The molecule has 0 aliphatic heterocycles. The number of carbonyl (C=O) groups excluding carboxylic acids is 1. The monoisotopic (exact) mass is 172 g/mol. The second-order valence-electron chi connectivity index (χ2n) is 1.40. The molecule has 0 radical (unpaired) electrons. The minimum atomic E-state index is -2.63. The van der Waals surface area contributed by atoms with Crippen molar-refractivity contribution in [2.24, 2.45) is 0 Å². The quantitative estimate of drug-likeness (QED) is 0.444. The van der Waals surface area contributed by atoms with Crippen LogP contribution in [0.25, 0.3) is 0 Å². The van der Waals surface area contributed by atoms with Gasteiger partial charge in [0, 0.05) is 6.92 Å². The molecule has 5 heteroatoms. The van der Waals surface area contributed by atoms with Crippen LogP contribution in [-0.4, -0.2) is 12.9 Å². The van der Waals surface area contributed by atoms with Crippen molar-refractivity contribution in [3.8, 4) is 0 Å². The van der Waals surface area contributed by atoms with Crippen LogP contribution in [0.5, 0.6) is 0 Å². The van der Waals surface area contributed by atoms with E-state index in [1.165, 1.54) is 13.5 Å². The Labute approximate surface area is 58.3 Å². The van der Waals surface area contributed by atoms with E-state index in [4.69, 9.17) is 22.2 Å². The van der Waals surface area contributed by atoms with Gasteiger partial charge in [0.1, 0.15) is 0 Å². The van der Waals surface area contributed by atoms with Gasteiger partial charge in [0.05, 0.1) is 0 Å². The van der Waals surface area contributed by atoms with Crippen molar-refractivity contribution in [1.82, 2.24) is 0 Å². The number of halogens is 2. The Morgan fingerprint density at radius 2 is 2.00 bits per heavy atom. The molecular weight excluding hydrogens is 167 g/mol. The van der Waals surface area contributed by atoms with Crippen molar-refractivity contribution in [1.29, 1.82) is 0 Å². The van der Waals surface area contributed by atoms with Crippen molar-refractivity contribution in [3.63, 3.8) is 0 Å². The van der Waals surface area contributed by atoms with E-state index in [2.05, 4.69) is 4.43 Å². The molecule has 0 heterocycles. The van der Waals surface area contributed by atoms with E-state index in [0.29, 0.717) is 0 Å². The van der Waals surface area contributed by atoms with E-state index in [1.807, 2.05) is 0 Å². The summed E-state index contributed by atoms with van der Waals surface area (Å²) in [6.07, 6.45) is 0. The summed E-state index contributed by atoms with van der Waals surface area (Å²) in [4.78, 5) is 10.1. The van der Waals surface area contributed by atoms with Gasteiger partial charge in [-0.3, -0.25) is 4.79 Å². The molecule has 0 aliphatic carbocycles. The van der Waals surface area contributed by atoms with Crippen LogP contribution in [0.4, 0.5) is 0 Å². The lowest BCUT2D eigenvalue weighted by atomic mass is 10.9. The smallest absolute Gasteiger partial charge is 0.448 e. The summed E-state index contributed by atoms with van der Waals surface area (Å²) >= 11 is 10.8. The molecule has 2 nitrogen and oxygen atoms in total. The number of hydrogen-bond donors (Lipinski definition) is 0. The molecule has 0 aromatic rings. The van der Waals surface area contributed by atoms with Crippen molar-refractivity contribution in [2.75, 3.05) is 0 Å². The van der Waals surface area contributed by atoms with Gasteiger partial charge in [-0.1, -0.05) is 0 Å². The van der Waals surface area contributed by atoms with Gasteiger partial charge in [-0.05, 0) is 6.55 Å². The maximum atomic E-state index is 10.1. The van der Waals surface area contributed by atoms with Gasteiger partial charge in [-0.2, -0.15) is 0 Å². The van der Waals surface area contributed by atoms with E-state index in [0.717, 1.165) is 0 Å². The Bertz CT molecular complexity index is 97.9. The van der Waals surface area contributed by atoms with Gasteiger partial charge < -0.3 is 4.43 Å². The molecule has 0 saturated heterocycles. The predicted octanol–water partition coefficient (Wildman–Crippen LogP) is 1.60. The SMILES string of the molecule is CC(=O)O[Si](C)(Cl)Cl. The largest absolute Gasteiger partial charge is 0.492 e. The molecule has 0 amide bonds. The summed E-state index contributed by atoms with van der Waals surface area (Å²) in [5.41, 5.74) is 0. The van der Waals surface area contributed by atoms with Crippen molar-refractivity contribution in [2.45, 2.75) is 13.5 Å². The van der Waals surface area contributed by atoms with Crippen LogP contribution < -0.4 is 0 Å². The first-order chi connectivity index (χ1) is 3.42. The Morgan fingerprint density at radius 1 is 1.62 bits per heavy atom. The van der Waals surface area contributed by atoms with Crippen molar-refractivity contribution >= 4 is 35.1 Å². The molecule has 0 spiro atoms. The molecule has 0 aliphatic rings. The highest BCUT2D eigenvalue weighted by Crippen LogP contribution is 2.14. The summed E-state index contributed by atoms with van der Waals surface area (Å²) in [6.45, 7) is 0.160. The molecule has 8 heavy (non-hydrogen) atoms. The highest BCUT2D eigenvalue weighted by atomic mass is 35.7. The predicted molar refractivity (Wildman–Crippen MR) is 35.1 cm³/mol. The first-order valence-corrected chi connectivity index (χ1v) is 6.42. The van der Waals surface area contributed by atoms with Crippen LogP contribution in [-0.2, 0) is 9.22 Å². The lowest BCUT2D eigenvalue weighted by Crippen LogP contribution is -2.21. The fraction of sp³-hybridized carbons (Fsp3) is 0.667.